The van der Waals surface area contributed by atoms with Crippen LogP contribution >= 0.6 is 0 Å². The van der Waals surface area contributed by atoms with Gasteiger partial charge in [-0.25, -0.2) is 4.39 Å². The molecule has 0 aliphatic heterocycles. The summed E-state index contributed by atoms with van der Waals surface area (Å²) in [7, 11) is 0. The first-order valence-corrected chi connectivity index (χ1v) is 3.76. The minimum absolute atomic E-state index is 0.0307. The fourth-order valence-corrected chi connectivity index (χ4v) is 1.08. The van der Waals surface area contributed by atoms with Crippen molar-refractivity contribution in [1.82, 2.24) is 0 Å². The van der Waals surface area contributed by atoms with Gasteiger partial charge in [-0.3, -0.25) is 4.79 Å². The highest BCUT2D eigenvalue weighted by molar-refractivity contribution is 5.80. The molecule has 68 valence electrons. The predicted molar refractivity (Wildman–Crippen MR) is 47.4 cm³/mol. The van der Waals surface area contributed by atoms with E-state index in [9.17, 15) is 14.3 Å². The highest BCUT2D eigenvalue weighted by atomic mass is 19.1. The standard InChI is InChI=1S/C10H9FO2/c1-2-3-7-4-9(11)5-8(6-12)10(7)13/h2,4-6,13H,1,3H2. The van der Waals surface area contributed by atoms with Gasteiger partial charge in [-0.05, 0) is 18.6 Å². The van der Waals surface area contributed by atoms with Crippen LogP contribution in [0.25, 0.3) is 0 Å². The van der Waals surface area contributed by atoms with Gasteiger partial charge < -0.3 is 5.11 Å². The smallest absolute Gasteiger partial charge is 0.153 e. The van der Waals surface area contributed by atoms with Crippen molar-refractivity contribution in [3.63, 3.8) is 0 Å². The molecule has 0 spiro atoms. The number of hydrogen-bond donors (Lipinski definition) is 1. The monoisotopic (exact) mass is 180 g/mol. The first-order chi connectivity index (χ1) is 6.19. The molecule has 1 rings (SSSR count). The van der Waals surface area contributed by atoms with Gasteiger partial charge in [0.05, 0.1) is 5.56 Å². The molecule has 0 atom stereocenters. The number of phenolic OH excluding ortho intramolecular Hbond substituents is 1. The maximum atomic E-state index is 12.8. The molecule has 3 heteroatoms. The van der Waals surface area contributed by atoms with E-state index in [1.54, 1.807) is 0 Å². The van der Waals surface area contributed by atoms with Crippen molar-refractivity contribution in [2.24, 2.45) is 0 Å². The molecular formula is C10H9FO2. The number of allylic oxidation sites excluding steroid dienone is 1. The molecule has 0 unspecified atom stereocenters. The van der Waals surface area contributed by atoms with Crippen LogP contribution in [0.2, 0.25) is 0 Å². The van der Waals surface area contributed by atoms with Crippen molar-refractivity contribution in [3.05, 3.63) is 41.7 Å². The van der Waals surface area contributed by atoms with Crippen LogP contribution in [0, 0.1) is 5.82 Å². The Balaban J connectivity index is 3.25. The SMILES string of the molecule is C=CCc1cc(F)cc(C=O)c1O. The molecule has 0 amide bonds. The number of phenols is 1. The van der Waals surface area contributed by atoms with E-state index in [1.807, 2.05) is 0 Å². The molecule has 0 radical (unpaired) electrons. The lowest BCUT2D eigenvalue weighted by atomic mass is 10.1. The van der Waals surface area contributed by atoms with E-state index in [4.69, 9.17) is 0 Å². The quantitative estimate of drug-likeness (QED) is 0.571. The summed E-state index contributed by atoms with van der Waals surface area (Å²) < 4.78 is 12.8. The Morgan fingerprint density at radius 3 is 2.77 bits per heavy atom. The lowest BCUT2D eigenvalue weighted by molar-refractivity contribution is 0.112. The van der Waals surface area contributed by atoms with E-state index in [-0.39, 0.29) is 11.3 Å². The molecule has 0 heterocycles. The topological polar surface area (TPSA) is 37.3 Å². The van der Waals surface area contributed by atoms with Crippen LogP contribution in [-0.2, 0) is 6.42 Å². The highest BCUT2D eigenvalue weighted by Gasteiger charge is 2.07. The van der Waals surface area contributed by atoms with Crippen molar-refractivity contribution in [1.29, 1.82) is 0 Å². The lowest BCUT2D eigenvalue weighted by Gasteiger charge is -2.03. The molecule has 0 bridgehead atoms. The lowest BCUT2D eigenvalue weighted by Crippen LogP contribution is -1.91. The second-order valence-corrected chi connectivity index (χ2v) is 2.61. The molecule has 0 aliphatic carbocycles. The van der Waals surface area contributed by atoms with Gasteiger partial charge >= 0.3 is 0 Å². The summed E-state index contributed by atoms with van der Waals surface area (Å²) in [6, 6.07) is 2.18. The van der Waals surface area contributed by atoms with Gasteiger partial charge in [0.15, 0.2) is 6.29 Å². The zero-order valence-electron chi connectivity index (χ0n) is 6.96. The molecule has 0 saturated heterocycles. The van der Waals surface area contributed by atoms with Gasteiger partial charge in [-0.2, -0.15) is 0 Å². The van der Waals surface area contributed by atoms with E-state index in [2.05, 4.69) is 6.58 Å². The average Bonchev–Trinajstić information content (AvgIpc) is 2.11. The van der Waals surface area contributed by atoms with E-state index < -0.39 is 5.82 Å². The Labute approximate surface area is 75.3 Å². The van der Waals surface area contributed by atoms with Crippen LogP contribution in [0.5, 0.6) is 5.75 Å². The summed E-state index contributed by atoms with van der Waals surface area (Å²) in [6.45, 7) is 3.46. The second kappa shape index (κ2) is 3.85. The number of aldehydes is 1. The van der Waals surface area contributed by atoms with Gasteiger partial charge in [0.1, 0.15) is 11.6 Å². The maximum Gasteiger partial charge on any atom is 0.153 e. The summed E-state index contributed by atoms with van der Waals surface area (Å²) in [4.78, 5) is 10.4. The normalized spacial score (nSPS) is 9.62. The minimum Gasteiger partial charge on any atom is -0.507 e. The predicted octanol–water partition coefficient (Wildman–Crippen LogP) is 2.07. The van der Waals surface area contributed by atoms with Crippen LogP contribution < -0.4 is 0 Å². The second-order valence-electron chi connectivity index (χ2n) is 2.61. The van der Waals surface area contributed by atoms with E-state index in [0.717, 1.165) is 6.07 Å². The summed E-state index contributed by atoms with van der Waals surface area (Å²) in [5.74, 6) is -0.701. The summed E-state index contributed by atoms with van der Waals surface area (Å²) in [6.07, 6.45) is 2.29. The highest BCUT2D eigenvalue weighted by Crippen LogP contribution is 2.23. The molecule has 0 saturated carbocycles. The van der Waals surface area contributed by atoms with E-state index in [0.29, 0.717) is 18.3 Å². The third-order valence-electron chi connectivity index (χ3n) is 1.67. The van der Waals surface area contributed by atoms with Gasteiger partial charge in [0, 0.05) is 5.56 Å². The van der Waals surface area contributed by atoms with Crippen LogP contribution in [0.4, 0.5) is 4.39 Å². The van der Waals surface area contributed by atoms with Crippen LogP contribution in [-0.4, -0.2) is 11.4 Å². The molecule has 1 aromatic carbocycles. The summed E-state index contributed by atoms with van der Waals surface area (Å²) in [5, 5.41) is 9.40. The zero-order chi connectivity index (χ0) is 9.84. The van der Waals surface area contributed by atoms with Crippen molar-refractivity contribution in [3.8, 4) is 5.75 Å². The van der Waals surface area contributed by atoms with E-state index in [1.165, 1.54) is 12.1 Å². The number of rotatable bonds is 3. The Hall–Kier alpha value is -1.64. The van der Waals surface area contributed by atoms with Crippen molar-refractivity contribution < 1.29 is 14.3 Å². The number of halogens is 1. The van der Waals surface area contributed by atoms with Crippen LogP contribution in [0.1, 0.15) is 15.9 Å². The van der Waals surface area contributed by atoms with Gasteiger partial charge in [-0.1, -0.05) is 6.08 Å². The van der Waals surface area contributed by atoms with Crippen molar-refractivity contribution in [2.45, 2.75) is 6.42 Å². The summed E-state index contributed by atoms with van der Waals surface area (Å²) >= 11 is 0. The largest absolute Gasteiger partial charge is 0.507 e. The van der Waals surface area contributed by atoms with Crippen LogP contribution in [0.3, 0.4) is 0 Å². The molecule has 0 fully saturated rings. The molecule has 1 aromatic rings. The minimum atomic E-state index is -0.531. The Morgan fingerprint density at radius 2 is 2.23 bits per heavy atom. The molecule has 2 nitrogen and oxygen atoms in total. The number of hydrogen-bond acceptors (Lipinski definition) is 2. The van der Waals surface area contributed by atoms with Crippen LogP contribution in [0.15, 0.2) is 24.8 Å². The fraction of sp³-hybridized carbons (Fsp3) is 0.100. The molecule has 0 aromatic heterocycles. The zero-order valence-corrected chi connectivity index (χ0v) is 6.96. The third-order valence-corrected chi connectivity index (χ3v) is 1.67. The Kier molecular flexibility index (Phi) is 2.80. The van der Waals surface area contributed by atoms with Gasteiger partial charge in [0.2, 0.25) is 0 Å². The van der Waals surface area contributed by atoms with E-state index >= 15 is 0 Å². The molecule has 1 N–H and O–H groups in total. The molecule has 13 heavy (non-hydrogen) atoms. The van der Waals surface area contributed by atoms with Crippen molar-refractivity contribution in [2.75, 3.05) is 0 Å². The first kappa shape index (κ1) is 9.45. The Morgan fingerprint density at radius 1 is 1.54 bits per heavy atom. The first-order valence-electron chi connectivity index (χ1n) is 3.76. The Bertz CT molecular complexity index is 345. The van der Waals surface area contributed by atoms with Gasteiger partial charge in [-0.15, -0.1) is 6.58 Å². The number of benzene rings is 1. The van der Waals surface area contributed by atoms with Gasteiger partial charge in [0.25, 0.3) is 0 Å². The van der Waals surface area contributed by atoms with Crippen molar-refractivity contribution >= 4 is 6.29 Å². The fourth-order valence-electron chi connectivity index (χ4n) is 1.08. The summed E-state index contributed by atoms with van der Waals surface area (Å²) in [5.41, 5.74) is 0.342. The molecule has 0 aliphatic rings. The maximum absolute atomic E-state index is 12.8. The number of aromatic hydroxyl groups is 1. The third kappa shape index (κ3) is 1.93. The average molecular weight is 180 g/mol. The molecular weight excluding hydrogens is 171 g/mol. The number of carbonyl (C=O) groups excluding carboxylic acids is 1. The number of carbonyl (C=O) groups is 1.